The second-order valence-electron chi connectivity index (χ2n) is 5.72. The van der Waals surface area contributed by atoms with Crippen LogP contribution in [-0.2, 0) is 4.79 Å². The van der Waals surface area contributed by atoms with E-state index < -0.39 is 6.10 Å². The van der Waals surface area contributed by atoms with E-state index in [0.29, 0.717) is 32.7 Å². The molecule has 0 spiro atoms. The SMILES string of the molecule is CCN(C[C@@H]1COc2ccccc2O1)C(=O)[C@H]1C[C@@H](O)CN1. The third-order valence-corrected chi connectivity index (χ3v) is 4.09. The Labute approximate surface area is 130 Å². The van der Waals surface area contributed by atoms with Gasteiger partial charge in [0.2, 0.25) is 5.91 Å². The number of hydrogen-bond acceptors (Lipinski definition) is 5. The van der Waals surface area contributed by atoms with E-state index in [1.807, 2.05) is 31.2 Å². The van der Waals surface area contributed by atoms with E-state index in [-0.39, 0.29) is 18.1 Å². The van der Waals surface area contributed by atoms with Crippen LogP contribution in [0, 0.1) is 0 Å². The fraction of sp³-hybridized carbons (Fsp3) is 0.562. The number of nitrogens with zero attached hydrogens (tertiary/aromatic N) is 1. The van der Waals surface area contributed by atoms with E-state index >= 15 is 0 Å². The van der Waals surface area contributed by atoms with Gasteiger partial charge >= 0.3 is 0 Å². The van der Waals surface area contributed by atoms with Crippen LogP contribution in [0.3, 0.4) is 0 Å². The van der Waals surface area contributed by atoms with Crippen molar-refractivity contribution >= 4 is 5.91 Å². The molecule has 2 aliphatic rings. The standard InChI is InChI=1S/C16H22N2O4/c1-2-18(16(20)13-7-11(19)8-17-13)9-12-10-21-14-5-3-4-6-15(14)22-12/h3-6,11-13,17,19H,2,7-10H2,1H3/t11-,12-,13-/m1/s1. The zero-order chi connectivity index (χ0) is 15.5. The number of β-amino-alcohol motifs (C(OH)–C–C–N with tert-alkyl or cyclic N) is 1. The maximum absolute atomic E-state index is 12.5. The van der Waals surface area contributed by atoms with Crippen molar-refractivity contribution in [1.82, 2.24) is 10.2 Å². The summed E-state index contributed by atoms with van der Waals surface area (Å²) < 4.78 is 11.6. The molecule has 0 aromatic heterocycles. The highest BCUT2D eigenvalue weighted by molar-refractivity contribution is 5.82. The Bertz CT molecular complexity index is 537. The van der Waals surface area contributed by atoms with E-state index in [0.717, 1.165) is 11.5 Å². The van der Waals surface area contributed by atoms with Gasteiger partial charge in [0.05, 0.1) is 18.7 Å². The number of hydrogen-bond donors (Lipinski definition) is 2. The van der Waals surface area contributed by atoms with Crippen molar-refractivity contribution in [2.24, 2.45) is 0 Å². The molecule has 1 saturated heterocycles. The largest absolute Gasteiger partial charge is 0.486 e. The summed E-state index contributed by atoms with van der Waals surface area (Å²) in [5.74, 6) is 1.48. The Morgan fingerprint density at radius 3 is 2.86 bits per heavy atom. The predicted molar refractivity (Wildman–Crippen MR) is 81.0 cm³/mol. The lowest BCUT2D eigenvalue weighted by atomic mass is 10.1. The summed E-state index contributed by atoms with van der Waals surface area (Å²) in [7, 11) is 0. The number of benzene rings is 1. The molecule has 120 valence electrons. The second-order valence-corrected chi connectivity index (χ2v) is 5.72. The lowest BCUT2D eigenvalue weighted by Crippen LogP contribution is -2.49. The number of para-hydroxylation sites is 2. The van der Waals surface area contributed by atoms with Crippen molar-refractivity contribution in [1.29, 1.82) is 0 Å². The summed E-state index contributed by atoms with van der Waals surface area (Å²) in [6, 6.07) is 7.25. The molecule has 2 heterocycles. The number of nitrogens with one attached hydrogen (secondary N) is 1. The molecule has 6 heteroatoms. The first-order chi connectivity index (χ1) is 10.7. The molecule has 3 rings (SSSR count). The van der Waals surface area contributed by atoms with Crippen molar-refractivity contribution in [3.63, 3.8) is 0 Å². The minimum atomic E-state index is -0.436. The quantitative estimate of drug-likeness (QED) is 0.842. The van der Waals surface area contributed by atoms with Gasteiger partial charge in [0, 0.05) is 13.1 Å². The molecule has 22 heavy (non-hydrogen) atoms. The number of aliphatic hydroxyl groups is 1. The second kappa shape index (κ2) is 6.54. The van der Waals surface area contributed by atoms with Crippen molar-refractivity contribution in [2.75, 3.05) is 26.2 Å². The van der Waals surface area contributed by atoms with Gasteiger partial charge in [-0.3, -0.25) is 4.79 Å². The van der Waals surface area contributed by atoms with E-state index in [4.69, 9.17) is 9.47 Å². The Balaban J connectivity index is 1.60. The number of carbonyl (C=O) groups is 1. The van der Waals surface area contributed by atoms with Crippen LogP contribution in [0.5, 0.6) is 11.5 Å². The Kier molecular flexibility index (Phi) is 4.49. The van der Waals surface area contributed by atoms with Crippen molar-refractivity contribution < 1.29 is 19.4 Å². The molecule has 1 amide bonds. The third kappa shape index (κ3) is 3.18. The molecular weight excluding hydrogens is 284 g/mol. The molecule has 2 aliphatic heterocycles. The van der Waals surface area contributed by atoms with Gasteiger partial charge in [-0.05, 0) is 25.5 Å². The molecule has 1 fully saturated rings. The van der Waals surface area contributed by atoms with Crippen molar-refractivity contribution in [2.45, 2.75) is 31.6 Å². The Morgan fingerprint density at radius 2 is 2.18 bits per heavy atom. The topological polar surface area (TPSA) is 71.0 Å². The van der Waals surface area contributed by atoms with Gasteiger partial charge in [-0.2, -0.15) is 0 Å². The first-order valence-electron chi connectivity index (χ1n) is 7.76. The molecule has 1 aromatic carbocycles. The molecule has 0 aliphatic carbocycles. The minimum Gasteiger partial charge on any atom is -0.486 e. The number of amides is 1. The minimum absolute atomic E-state index is 0.0153. The van der Waals surface area contributed by atoms with Gasteiger partial charge in [-0.25, -0.2) is 0 Å². The lowest BCUT2D eigenvalue weighted by molar-refractivity contribution is -0.134. The molecule has 6 nitrogen and oxygen atoms in total. The smallest absolute Gasteiger partial charge is 0.239 e. The average Bonchev–Trinajstić information content (AvgIpc) is 2.98. The summed E-state index contributed by atoms with van der Waals surface area (Å²) in [6.07, 6.45) is -0.140. The average molecular weight is 306 g/mol. The number of aliphatic hydroxyl groups excluding tert-OH is 1. The number of rotatable bonds is 4. The first kappa shape index (κ1) is 15.1. The fourth-order valence-electron chi connectivity index (χ4n) is 2.90. The summed E-state index contributed by atoms with van der Waals surface area (Å²) in [5, 5.41) is 12.6. The molecular formula is C16H22N2O4. The van der Waals surface area contributed by atoms with Crippen LogP contribution in [0.1, 0.15) is 13.3 Å². The number of fused-ring (bicyclic) bond motifs is 1. The third-order valence-electron chi connectivity index (χ3n) is 4.09. The lowest BCUT2D eigenvalue weighted by Gasteiger charge is -2.32. The normalized spacial score (nSPS) is 26.7. The Hall–Kier alpha value is -1.79. The highest BCUT2D eigenvalue weighted by atomic mass is 16.6. The zero-order valence-electron chi connectivity index (χ0n) is 12.7. The summed E-state index contributed by atoms with van der Waals surface area (Å²) in [6.45, 7) is 3.94. The van der Waals surface area contributed by atoms with Gasteiger partial charge < -0.3 is 24.8 Å². The monoisotopic (exact) mass is 306 g/mol. The maximum Gasteiger partial charge on any atom is 0.239 e. The zero-order valence-corrected chi connectivity index (χ0v) is 12.7. The van der Waals surface area contributed by atoms with Crippen LogP contribution in [0.2, 0.25) is 0 Å². The van der Waals surface area contributed by atoms with Gasteiger partial charge in [0.15, 0.2) is 17.6 Å². The predicted octanol–water partition coefficient (Wildman–Crippen LogP) is 0.398. The van der Waals surface area contributed by atoms with Crippen LogP contribution >= 0.6 is 0 Å². The summed E-state index contributed by atoms with van der Waals surface area (Å²) in [5.41, 5.74) is 0. The molecule has 0 saturated carbocycles. The molecule has 0 bridgehead atoms. The van der Waals surface area contributed by atoms with Gasteiger partial charge in [-0.15, -0.1) is 0 Å². The van der Waals surface area contributed by atoms with Gasteiger partial charge in [-0.1, -0.05) is 12.1 Å². The Morgan fingerprint density at radius 1 is 1.41 bits per heavy atom. The van der Waals surface area contributed by atoms with Gasteiger partial charge in [0.25, 0.3) is 0 Å². The maximum atomic E-state index is 12.5. The fourth-order valence-corrected chi connectivity index (χ4v) is 2.90. The molecule has 0 unspecified atom stereocenters. The van der Waals surface area contributed by atoms with Gasteiger partial charge in [0.1, 0.15) is 6.61 Å². The van der Waals surface area contributed by atoms with Crippen LogP contribution in [-0.4, -0.2) is 60.4 Å². The van der Waals surface area contributed by atoms with E-state index in [1.54, 1.807) is 4.90 Å². The number of carbonyl (C=O) groups excluding carboxylic acids is 1. The number of likely N-dealkylation sites (N-methyl/N-ethyl adjacent to an activating group) is 1. The summed E-state index contributed by atoms with van der Waals surface area (Å²) >= 11 is 0. The highest BCUT2D eigenvalue weighted by Gasteiger charge is 2.32. The first-order valence-corrected chi connectivity index (χ1v) is 7.76. The molecule has 2 N–H and O–H groups in total. The van der Waals surface area contributed by atoms with Crippen LogP contribution in [0.25, 0.3) is 0 Å². The van der Waals surface area contributed by atoms with E-state index in [2.05, 4.69) is 5.32 Å². The number of ether oxygens (including phenoxy) is 2. The van der Waals surface area contributed by atoms with E-state index in [9.17, 15) is 9.90 Å². The van der Waals surface area contributed by atoms with Crippen LogP contribution in [0.4, 0.5) is 0 Å². The highest BCUT2D eigenvalue weighted by Crippen LogP contribution is 2.31. The molecule has 1 aromatic rings. The van der Waals surface area contributed by atoms with Crippen molar-refractivity contribution in [3.8, 4) is 11.5 Å². The van der Waals surface area contributed by atoms with Crippen molar-refractivity contribution in [3.05, 3.63) is 24.3 Å². The molecule has 0 radical (unpaired) electrons. The van der Waals surface area contributed by atoms with Crippen LogP contribution < -0.4 is 14.8 Å². The van der Waals surface area contributed by atoms with E-state index in [1.165, 1.54) is 0 Å². The van der Waals surface area contributed by atoms with Crippen LogP contribution in [0.15, 0.2) is 24.3 Å². The molecule has 3 atom stereocenters. The summed E-state index contributed by atoms with van der Waals surface area (Å²) in [4.78, 5) is 14.3.